The number of allylic oxidation sites excluding steroid dienone is 1. The van der Waals surface area contributed by atoms with Crippen LogP contribution in [0.3, 0.4) is 0 Å². The predicted molar refractivity (Wildman–Crippen MR) is 91.4 cm³/mol. The Balaban J connectivity index is 5.06. The molecule has 0 N–H and O–H groups in total. The van der Waals surface area contributed by atoms with Crippen LogP contribution in [-0.4, -0.2) is 25.9 Å². The molecule has 0 aromatic carbocycles. The van der Waals surface area contributed by atoms with Crippen LogP contribution in [-0.2, 0) is 7.81 Å². The van der Waals surface area contributed by atoms with Gasteiger partial charge in [0.25, 0.3) is 0 Å². The van der Waals surface area contributed by atoms with Gasteiger partial charge in [-0.25, -0.2) is 0 Å². The summed E-state index contributed by atoms with van der Waals surface area (Å²) < 4.78 is 16.2. The molecule has 0 unspecified atom stereocenters. The van der Waals surface area contributed by atoms with E-state index in [-0.39, 0.29) is 0 Å². The fourth-order valence-electron chi connectivity index (χ4n) is 2.57. The molecular weight excluding hydrogens is 355 g/mol. The molecule has 0 fully saturated rings. The third-order valence-electron chi connectivity index (χ3n) is 3.86. The van der Waals surface area contributed by atoms with Gasteiger partial charge in [-0.1, -0.05) is 0 Å². The summed E-state index contributed by atoms with van der Waals surface area (Å²) in [6.45, 7) is 11.0. The maximum atomic E-state index is 6.62. The van der Waals surface area contributed by atoms with Crippen molar-refractivity contribution >= 4 is 18.8 Å². The number of methoxy groups -OCH3 is 1. The normalized spacial score (nSPS) is 11.3. The van der Waals surface area contributed by atoms with E-state index in [0.717, 1.165) is 5.95 Å². The van der Waals surface area contributed by atoms with Gasteiger partial charge in [0.05, 0.1) is 0 Å². The fourth-order valence-corrected chi connectivity index (χ4v) is 16.1. The molecule has 0 amide bonds. The van der Waals surface area contributed by atoms with Crippen LogP contribution in [0.15, 0.2) is 11.5 Å². The number of ether oxygens (including phenoxy) is 1. The Morgan fingerprint density at radius 1 is 0.800 bits per heavy atom. The van der Waals surface area contributed by atoms with Crippen molar-refractivity contribution in [2.45, 2.75) is 86.5 Å². The van der Waals surface area contributed by atoms with Gasteiger partial charge in [0.1, 0.15) is 0 Å². The van der Waals surface area contributed by atoms with Crippen LogP contribution < -0.4 is 0 Å². The van der Waals surface area contributed by atoms with Crippen molar-refractivity contribution in [3.8, 4) is 0 Å². The minimum absolute atomic E-state index is 0.823. The summed E-state index contributed by atoms with van der Waals surface area (Å²) in [5, 5.41) is 0. The van der Waals surface area contributed by atoms with Crippen molar-refractivity contribution < 1.29 is 7.81 Å². The van der Waals surface area contributed by atoms with Gasteiger partial charge >= 0.3 is 132 Å². The van der Waals surface area contributed by atoms with Gasteiger partial charge in [0, 0.05) is 0 Å². The third kappa shape index (κ3) is 7.80. The van der Waals surface area contributed by atoms with E-state index in [1.54, 1.807) is 7.11 Å². The quantitative estimate of drug-likeness (QED) is 0.289. The molecule has 0 saturated carbocycles. The molecule has 0 aliphatic heterocycles. The summed E-state index contributed by atoms with van der Waals surface area (Å²) in [6.07, 6.45) is 7.79. The van der Waals surface area contributed by atoms with E-state index in [1.807, 2.05) is 0 Å². The Morgan fingerprint density at radius 3 is 1.45 bits per heavy atom. The molecule has 0 aliphatic carbocycles. The van der Waals surface area contributed by atoms with E-state index < -0.39 is 18.8 Å². The first-order chi connectivity index (χ1) is 9.55. The van der Waals surface area contributed by atoms with Crippen molar-refractivity contribution in [1.82, 2.24) is 0 Å². The van der Waals surface area contributed by atoms with Crippen LogP contribution >= 0.6 is 0 Å². The van der Waals surface area contributed by atoms with Crippen molar-refractivity contribution in [2.75, 3.05) is 7.11 Å². The van der Waals surface area contributed by atoms with Gasteiger partial charge in [0.15, 0.2) is 0 Å². The van der Waals surface area contributed by atoms with Crippen molar-refractivity contribution in [1.29, 1.82) is 0 Å². The summed E-state index contributed by atoms with van der Waals surface area (Å²) in [4.78, 5) is 0. The molecule has 0 bridgehead atoms. The molecule has 0 spiro atoms. The zero-order valence-corrected chi connectivity index (χ0v) is 17.5. The fraction of sp³-hybridized carbons (Fsp3) is 0.882. The van der Waals surface area contributed by atoms with Crippen LogP contribution in [0.1, 0.15) is 73.1 Å². The first-order valence-electron chi connectivity index (χ1n) is 8.45. The topological polar surface area (TPSA) is 18.5 Å². The van der Waals surface area contributed by atoms with Gasteiger partial charge in [-0.15, -0.1) is 0 Å². The monoisotopic (exact) mass is 392 g/mol. The van der Waals surface area contributed by atoms with Crippen molar-refractivity contribution in [2.24, 2.45) is 0 Å². The van der Waals surface area contributed by atoms with Crippen LogP contribution in [0.4, 0.5) is 0 Å². The third-order valence-corrected chi connectivity index (χ3v) is 16.5. The molecule has 2 nitrogen and oxygen atoms in total. The Kier molecular flexibility index (Phi) is 11.8. The van der Waals surface area contributed by atoms with Crippen molar-refractivity contribution in [3.63, 3.8) is 0 Å². The van der Waals surface area contributed by atoms with Gasteiger partial charge in [0.2, 0.25) is 0 Å². The van der Waals surface area contributed by atoms with E-state index >= 15 is 0 Å². The van der Waals surface area contributed by atoms with Gasteiger partial charge in [-0.2, -0.15) is 0 Å². The molecular formula is C17H36O2Sn. The standard InChI is InChI=1S/C5H10O2.3C4H9.Sn/c1-4(2)5(6)7-3;3*1-3-4-2;/h6H,1-3H3;3*1,3-4H2,2H3;/q;;;;+1/p-1. The summed E-state index contributed by atoms with van der Waals surface area (Å²) in [7, 11) is 1.75. The molecule has 3 heteroatoms. The number of unbranched alkanes of at least 4 members (excludes halogenated alkanes) is 3. The molecule has 0 rings (SSSR count). The Bertz CT molecular complexity index is 248. The van der Waals surface area contributed by atoms with E-state index in [1.165, 1.54) is 57.4 Å². The number of hydrogen-bond donors (Lipinski definition) is 0. The first kappa shape index (κ1) is 20.1. The summed E-state index contributed by atoms with van der Waals surface area (Å²) in [5.74, 6) is 0.823. The zero-order valence-electron chi connectivity index (χ0n) is 14.7. The molecule has 0 aromatic rings. The molecule has 0 aromatic heterocycles. The van der Waals surface area contributed by atoms with Crippen LogP contribution in [0, 0.1) is 0 Å². The summed E-state index contributed by atoms with van der Waals surface area (Å²) >= 11 is -2.54. The Morgan fingerprint density at radius 2 is 1.20 bits per heavy atom. The molecule has 120 valence electrons. The molecule has 0 aliphatic rings. The first-order valence-corrected chi connectivity index (χ1v) is 15.7. The average molecular weight is 391 g/mol. The Labute approximate surface area is 131 Å². The second-order valence-corrected chi connectivity index (χ2v) is 17.7. The Hall–Kier alpha value is 0.139. The molecule has 0 atom stereocenters. The number of rotatable bonds is 12. The zero-order chi connectivity index (χ0) is 15.4. The van der Waals surface area contributed by atoms with E-state index in [4.69, 9.17) is 7.81 Å². The van der Waals surface area contributed by atoms with Crippen molar-refractivity contribution in [3.05, 3.63) is 11.5 Å². The molecule has 20 heavy (non-hydrogen) atoms. The van der Waals surface area contributed by atoms with Gasteiger partial charge in [-0.05, 0) is 0 Å². The van der Waals surface area contributed by atoms with E-state index in [9.17, 15) is 0 Å². The second kappa shape index (κ2) is 11.8. The maximum absolute atomic E-state index is 6.62. The second-order valence-electron chi connectivity index (χ2n) is 6.09. The van der Waals surface area contributed by atoms with E-state index in [2.05, 4.69) is 34.6 Å². The summed E-state index contributed by atoms with van der Waals surface area (Å²) in [5.41, 5.74) is 1.18. The average Bonchev–Trinajstić information content (AvgIpc) is 2.45. The van der Waals surface area contributed by atoms with E-state index in [0.29, 0.717) is 0 Å². The molecule has 0 saturated heterocycles. The number of hydrogen-bond acceptors (Lipinski definition) is 2. The molecule has 0 heterocycles. The summed E-state index contributed by atoms with van der Waals surface area (Å²) in [6, 6.07) is 0. The van der Waals surface area contributed by atoms with Gasteiger partial charge < -0.3 is 0 Å². The van der Waals surface area contributed by atoms with Crippen LogP contribution in [0.2, 0.25) is 13.3 Å². The van der Waals surface area contributed by atoms with Gasteiger partial charge in [-0.3, -0.25) is 0 Å². The SMILES string of the molecule is CCC[CH2][Sn]([CH2]CCC)([CH2]CCC)[O]C(OC)=C(C)C. The minimum atomic E-state index is -2.54. The molecule has 0 radical (unpaired) electrons. The predicted octanol–water partition coefficient (Wildman–Crippen LogP) is 6.25. The van der Waals surface area contributed by atoms with Crippen LogP contribution in [0.25, 0.3) is 0 Å². The van der Waals surface area contributed by atoms with Crippen LogP contribution in [0.5, 0.6) is 0 Å².